The molecule has 25 heavy (non-hydrogen) atoms. The molecule has 132 valence electrons. The van der Waals surface area contributed by atoms with Crippen LogP contribution in [0.3, 0.4) is 0 Å². The van der Waals surface area contributed by atoms with Crippen LogP contribution in [-0.4, -0.2) is 31.1 Å². The number of amides is 1. The maximum absolute atomic E-state index is 12.3. The Morgan fingerprint density at radius 2 is 1.80 bits per heavy atom. The van der Waals surface area contributed by atoms with Gasteiger partial charge in [-0.25, -0.2) is 5.43 Å². The standard InChI is InChI=1S/C20H25N3O2/c1-15(16-8-4-2-5-9-16)13-21-20(24)19-12-17(22-23-19)14-25-18-10-6-3-7-11-18/h2-11,15,17,19,22-23H,12-14H2,1H3,(H,21,24). The van der Waals surface area contributed by atoms with Gasteiger partial charge in [-0.1, -0.05) is 55.5 Å². The Bertz CT molecular complexity index is 663. The summed E-state index contributed by atoms with van der Waals surface area (Å²) in [5, 5.41) is 3.03. The Morgan fingerprint density at radius 3 is 2.52 bits per heavy atom. The average molecular weight is 339 g/mol. The third-order valence-electron chi connectivity index (χ3n) is 4.44. The van der Waals surface area contributed by atoms with Gasteiger partial charge in [-0.05, 0) is 30.0 Å². The van der Waals surface area contributed by atoms with Gasteiger partial charge in [-0.2, -0.15) is 0 Å². The molecule has 0 aromatic heterocycles. The van der Waals surface area contributed by atoms with E-state index in [2.05, 4.69) is 35.2 Å². The van der Waals surface area contributed by atoms with Gasteiger partial charge < -0.3 is 10.1 Å². The summed E-state index contributed by atoms with van der Waals surface area (Å²) < 4.78 is 5.74. The van der Waals surface area contributed by atoms with E-state index in [0.717, 1.165) is 5.75 Å². The zero-order valence-corrected chi connectivity index (χ0v) is 14.4. The van der Waals surface area contributed by atoms with Crippen LogP contribution in [0.5, 0.6) is 5.75 Å². The predicted octanol–water partition coefficient (Wildman–Crippen LogP) is 2.22. The van der Waals surface area contributed by atoms with Crippen LogP contribution in [0.4, 0.5) is 0 Å². The lowest BCUT2D eigenvalue weighted by atomic mass is 10.0. The first kappa shape index (κ1) is 17.5. The fourth-order valence-corrected chi connectivity index (χ4v) is 2.89. The topological polar surface area (TPSA) is 62.4 Å². The number of nitrogens with one attached hydrogen (secondary N) is 3. The summed E-state index contributed by atoms with van der Waals surface area (Å²) >= 11 is 0. The molecule has 3 unspecified atom stereocenters. The number of hydrogen-bond donors (Lipinski definition) is 3. The van der Waals surface area contributed by atoms with E-state index in [9.17, 15) is 4.79 Å². The molecule has 1 fully saturated rings. The third kappa shape index (κ3) is 5.05. The summed E-state index contributed by atoms with van der Waals surface area (Å²) in [6.07, 6.45) is 0.707. The molecule has 0 radical (unpaired) electrons. The zero-order valence-electron chi connectivity index (χ0n) is 14.4. The highest BCUT2D eigenvalue weighted by atomic mass is 16.5. The smallest absolute Gasteiger partial charge is 0.238 e. The normalized spacial score (nSPS) is 20.8. The van der Waals surface area contributed by atoms with Crippen molar-refractivity contribution in [2.75, 3.05) is 13.2 Å². The molecule has 0 spiro atoms. The van der Waals surface area contributed by atoms with Crippen LogP contribution in [0.2, 0.25) is 0 Å². The largest absolute Gasteiger partial charge is 0.492 e. The summed E-state index contributed by atoms with van der Waals surface area (Å²) in [5.74, 6) is 1.16. The fourth-order valence-electron chi connectivity index (χ4n) is 2.89. The molecule has 0 bridgehead atoms. The van der Waals surface area contributed by atoms with Gasteiger partial charge in [0.2, 0.25) is 5.91 Å². The van der Waals surface area contributed by atoms with E-state index < -0.39 is 0 Å². The van der Waals surface area contributed by atoms with Crippen LogP contribution in [0.25, 0.3) is 0 Å². The highest BCUT2D eigenvalue weighted by Crippen LogP contribution is 2.14. The van der Waals surface area contributed by atoms with Crippen LogP contribution in [0, 0.1) is 0 Å². The van der Waals surface area contributed by atoms with E-state index in [0.29, 0.717) is 19.6 Å². The van der Waals surface area contributed by atoms with E-state index >= 15 is 0 Å². The molecule has 5 heteroatoms. The number of carbonyl (C=O) groups is 1. The van der Waals surface area contributed by atoms with Gasteiger partial charge in [0.25, 0.3) is 0 Å². The zero-order chi connectivity index (χ0) is 17.5. The van der Waals surface area contributed by atoms with Gasteiger partial charge in [-0.3, -0.25) is 10.2 Å². The van der Waals surface area contributed by atoms with Crippen molar-refractivity contribution in [1.82, 2.24) is 16.2 Å². The van der Waals surface area contributed by atoms with Crippen molar-refractivity contribution in [3.05, 3.63) is 66.2 Å². The number of ether oxygens (including phenoxy) is 1. The second kappa shape index (κ2) is 8.65. The van der Waals surface area contributed by atoms with Gasteiger partial charge in [0.05, 0.1) is 6.04 Å². The minimum atomic E-state index is -0.229. The number of rotatable bonds is 7. The Balaban J connectivity index is 1.40. The summed E-state index contributed by atoms with van der Waals surface area (Å²) in [4.78, 5) is 12.3. The number of hydrogen-bond acceptors (Lipinski definition) is 4. The van der Waals surface area contributed by atoms with Crippen molar-refractivity contribution in [3.8, 4) is 5.75 Å². The molecular formula is C20H25N3O2. The molecule has 3 atom stereocenters. The predicted molar refractivity (Wildman–Crippen MR) is 98.3 cm³/mol. The van der Waals surface area contributed by atoms with E-state index in [-0.39, 0.29) is 23.9 Å². The molecule has 2 aromatic rings. The quantitative estimate of drug-likeness (QED) is 0.724. The highest BCUT2D eigenvalue weighted by Gasteiger charge is 2.29. The molecular weight excluding hydrogens is 314 g/mol. The molecule has 2 aromatic carbocycles. The molecule has 1 aliphatic rings. The Labute approximate surface area is 148 Å². The second-order valence-electron chi connectivity index (χ2n) is 6.45. The molecule has 1 heterocycles. The number of carbonyl (C=O) groups excluding carboxylic acids is 1. The van der Waals surface area contributed by atoms with E-state index in [1.807, 2.05) is 48.5 Å². The van der Waals surface area contributed by atoms with Crippen LogP contribution >= 0.6 is 0 Å². The molecule has 1 amide bonds. The van der Waals surface area contributed by atoms with Crippen LogP contribution in [0.15, 0.2) is 60.7 Å². The summed E-state index contributed by atoms with van der Waals surface area (Å²) in [6.45, 7) is 3.28. The summed E-state index contributed by atoms with van der Waals surface area (Å²) in [5.41, 5.74) is 7.44. The Morgan fingerprint density at radius 1 is 1.12 bits per heavy atom. The maximum Gasteiger partial charge on any atom is 0.238 e. The molecule has 1 aliphatic heterocycles. The van der Waals surface area contributed by atoms with Crippen molar-refractivity contribution in [2.45, 2.75) is 31.3 Å². The van der Waals surface area contributed by atoms with E-state index in [1.54, 1.807) is 0 Å². The number of hydrazine groups is 1. The van der Waals surface area contributed by atoms with Gasteiger partial charge in [0.1, 0.15) is 18.4 Å². The Kier molecular flexibility index (Phi) is 6.04. The minimum absolute atomic E-state index is 0.0255. The molecule has 1 saturated heterocycles. The van der Waals surface area contributed by atoms with Crippen molar-refractivity contribution >= 4 is 5.91 Å². The fraction of sp³-hybridized carbons (Fsp3) is 0.350. The van der Waals surface area contributed by atoms with Crippen LogP contribution in [-0.2, 0) is 4.79 Å². The average Bonchev–Trinajstić information content (AvgIpc) is 3.15. The lowest BCUT2D eigenvalue weighted by Gasteiger charge is -2.15. The highest BCUT2D eigenvalue weighted by molar-refractivity contribution is 5.82. The molecule has 5 nitrogen and oxygen atoms in total. The SMILES string of the molecule is CC(CNC(=O)C1CC(COc2ccccc2)NN1)c1ccccc1. The summed E-state index contributed by atoms with van der Waals surface area (Å²) in [7, 11) is 0. The molecule has 0 aliphatic carbocycles. The van der Waals surface area contributed by atoms with Crippen molar-refractivity contribution in [3.63, 3.8) is 0 Å². The summed E-state index contributed by atoms with van der Waals surface area (Å²) in [6, 6.07) is 19.8. The van der Waals surface area contributed by atoms with E-state index in [4.69, 9.17) is 4.74 Å². The first-order chi connectivity index (χ1) is 12.2. The first-order valence-electron chi connectivity index (χ1n) is 8.74. The lowest BCUT2D eigenvalue weighted by molar-refractivity contribution is -0.122. The number of benzene rings is 2. The van der Waals surface area contributed by atoms with Gasteiger partial charge >= 0.3 is 0 Å². The molecule has 3 N–H and O–H groups in total. The monoisotopic (exact) mass is 339 g/mol. The Hall–Kier alpha value is -2.37. The van der Waals surface area contributed by atoms with E-state index in [1.165, 1.54) is 5.56 Å². The van der Waals surface area contributed by atoms with Crippen LogP contribution in [0.1, 0.15) is 24.8 Å². The van der Waals surface area contributed by atoms with Gasteiger partial charge in [-0.15, -0.1) is 0 Å². The first-order valence-corrected chi connectivity index (χ1v) is 8.74. The minimum Gasteiger partial charge on any atom is -0.492 e. The van der Waals surface area contributed by atoms with Crippen LogP contribution < -0.4 is 20.9 Å². The van der Waals surface area contributed by atoms with Crippen molar-refractivity contribution < 1.29 is 9.53 Å². The molecule has 0 saturated carbocycles. The maximum atomic E-state index is 12.3. The lowest BCUT2D eigenvalue weighted by Crippen LogP contribution is -2.44. The van der Waals surface area contributed by atoms with Gasteiger partial charge in [0.15, 0.2) is 0 Å². The molecule has 3 rings (SSSR count). The van der Waals surface area contributed by atoms with Crippen molar-refractivity contribution in [2.24, 2.45) is 0 Å². The number of para-hydroxylation sites is 1. The third-order valence-corrected chi connectivity index (χ3v) is 4.44. The van der Waals surface area contributed by atoms with Gasteiger partial charge in [0, 0.05) is 6.54 Å². The van der Waals surface area contributed by atoms with Crippen molar-refractivity contribution in [1.29, 1.82) is 0 Å². The second-order valence-corrected chi connectivity index (χ2v) is 6.45.